The zero-order valence-electron chi connectivity index (χ0n) is 12.3. The molecule has 1 aromatic carbocycles. The maximum absolute atomic E-state index is 6.16. The van der Waals surface area contributed by atoms with E-state index in [-0.39, 0.29) is 0 Å². The van der Waals surface area contributed by atoms with E-state index in [1.54, 1.807) is 16.8 Å². The molecule has 0 saturated heterocycles. The summed E-state index contributed by atoms with van der Waals surface area (Å²) in [6.07, 6.45) is 11.4. The van der Waals surface area contributed by atoms with Crippen molar-refractivity contribution >= 4 is 28.6 Å². The van der Waals surface area contributed by atoms with E-state index in [4.69, 9.17) is 5.84 Å². The summed E-state index contributed by atoms with van der Waals surface area (Å²) in [6, 6.07) is 6.18. The van der Waals surface area contributed by atoms with Crippen LogP contribution in [0.4, 0.5) is 0 Å². The second kappa shape index (κ2) is 6.14. The molecule has 0 saturated carbocycles. The highest BCUT2D eigenvalue weighted by Crippen LogP contribution is 2.30. The second-order valence-corrected chi connectivity index (χ2v) is 4.67. The number of nitrogens with two attached hydrogens (primary N) is 1. The van der Waals surface area contributed by atoms with Gasteiger partial charge < -0.3 is 5.84 Å². The molecule has 0 spiro atoms. The highest BCUT2D eigenvalue weighted by Gasteiger charge is 2.12. The van der Waals surface area contributed by atoms with Crippen molar-refractivity contribution in [1.29, 1.82) is 0 Å². The predicted molar refractivity (Wildman–Crippen MR) is 95.3 cm³/mol. The Morgan fingerprint density at radius 2 is 2.00 bits per heavy atom. The fourth-order valence-corrected chi connectivity index (χ4v) is 2.50. The molecule has 0 amide bonds. The van der Waals surface area contributed by atoms with Crippen molar-refractivity contribution in [2.45, 2.75) is 6.92 Å². The van der Waals surface area contributed by atoms with Gasteiger partial charge in [0, 0.05) is 10.9 Å². The van der Waals surface area contributed by atoms with Gasteiger partial charge in [0.1, 0.15) is 0 Å². The molecule has 1 aromatic heterocycles. The molecule has 0 fully saturated rings. The zero-order chi connectivity index (χ0) is 15.4. The van der Waals surface area contributed by atoms with Crippen LogP contribution >= 0.6 is 0 Å². The van der Waals surface area contributed by atoms with Crippen LogP contribution in [-0.2, 0) is 0 Å². The molecular weight excluding hydrogens is 256 g/mol. The molecule has 0 aliphatic heterocycles. The van der Waals surface area contributed by atoms with Gasteiger partial charge in [-0.2, -0.15) is 0 Å². The van der Waals surface area contributed by atoms with E-state index < -0.39 is 0 Å². The van der Waals surface area contributed by atoms with Gasteiger partial charge in [-0.25, -0.2) is 0 Å². The number of benzene rings is 1. The number of hydrogen-bond donors (Lipinski definition) is 1. The normalized spacial score (nSPS) is 12.0. The number of hydrogen-bond acceptors (Lipinski definition) is 1. The minimum absolute atomic E-state index is 0.910. The smallest absolute Gasteiger partial charge is 0.0704 e. The summed E-state index contributed by atoms with van der Waals surface area (Å²) < 4.78 is 1.67. The molecule has 2 rings (SSSR count). The lowest BCUT2D eigenvalue weighted by Crippen LogP contribution is -2.09. The van der Waals surface area contributed by atoms with Gasteiger partial charge in [0.15, 0.2) is 0 Å². The molecule has 2 N–H and O–H groups in total. The van der Waals surface area contributed by atoms with Crippen molar-refractivity contribution in [2.75, 3.05) is 5.84 Å². The maximum Gasteiger partial charge on any atom is 0.0704 e. The van der Waals surface area contributed by atoms with Gasteiger partial charge >= 0.3 is 0 Å². The fourth-order valence-electron chi connectivity index (χ4n) is 2.50. The van der Waals surface area contributed by atoms with E-state index in [0.717, 1.165) is 33.3 Å². The Bertz CT molecular complexity index is 770. The van der Waals surface area contributed by atoms with Gasteiger partial charge in [-0.1, -0.05) is 56.2 Å². The fraction of sp³-hybridized carbons (Fsp3) is 0.0526. The highest BCUT2D eigenvalue weighted by molar-refractivity contribution is 5.96. The number of rotatable bonds is 5. The molecular formula is C19H20N2. The summed E-state index contributed by atoms with van der Waals surface area (Å²) in [6.45, 7) is 13.4. The lowest BCUT2D eigenvalue weighted by atomic mass is 10.0. The quantitative estimate of drug-likeness (QED) is 0.618. The number of allylic oxidation sites excluding steroid dienone is 5. The summed E-state index contributed by atoms with van der Waals surface area (Å²) >= 11 is 0. The Morgan fingerprint density at radius 3 is 2.57 bits per heavy atom. The van der Waals surface area contributed by atoms with Crippen LogP contribution in [0, 0.1) is 0 Å². The number of nitrogens with zero attached hydrogens (tertiary/aromatic N) is 1. The summed E-state index contributed by atoms with van der Waals surface area (Å²) in [5, 5.41) is 1.10. The van der Waals surface area contributed by atoms with Crippen LogP contribution in [0.3, 0.4) is 0 Å². The van der Waals surface area contributed by atoms with E-state index in [2.05, 4.69) is 31.9 Å². The van der Waals surface area contributed by atoms with Crippen LogP contribution in [-0.4, -0.2) is 4.68 Å². The van der Waals surface area contributed by atoms with Crippen molar-refractivity contribution < 1.29 is 0 Å². The van der Waals surface area contributed by atoms with E-state index in [1.807, 2.05) is 37.3 Å². The van der Waals surface area contributed by atoms with Gasteiger partial charge in [-0.05, 0) is 36.3 Å². The molecule has 0 aliphatic carbocycles. The standard InChI is InChI=1S/C19H20N2/c1-5-9-14(7-3)15-11-12-19-17(13-15)16(10-6-2)18(8-4)21(19)20/h5-13H,1,3-4,20H2,2H3/b10-6-,14-9+. The van der Waals surface area contributed by atoms with Crippen LogP contribution in [0.25, 0.3) is 28.6 Å². The molecule has 0 radical (unpaired) electrons. The number of aromatic nitrogens is 1. The predicted octanol–water partition coefficient (Wildman–Crippen LogP) is 4.79. The molecule has 0 bridgehead atoms. The Morgan fingerprint density at radius 1 is 1.24 bits per heavy atom. The van der Waals surface area contributed by atoms with Crippen molar-refractivity contribution in [3.8, 4) is 0 Å². The average Bonchev–Trinajstić information content (AvgIpc) is 2.77. The van der Waals surface area contributed by atoms with Crippen LogP contribution in [0.1, 0.15) is 23.7 Å². The molecule has 2 aromatic rings. The van der Waals surface area contributed by atoms with Crippen molar-refractivity contribution in [3.05, 3.63) is 79.1 Å². The largest absolute Gasteiger partial charge is 0.339 e. The molecule has 0 unspecified atom stereocenters. The number of nitrogen functional groups attached to an aromatic ring is 1. The molecule has 106 valence electrons. The molecule has 0 aliphatic rings. The van der Waals surface area contributed by atoms with Crippen LogP contribution in [0.15, 0.2) is 62.2 Å². The monoisotopic (exact) mass is 276 g/mol. The lowest BCUT2D eigenvalue weighted by Gasteiger charge is -2.03. The SMILES string of the molecule is C=C/C=C(\C=C)c1ccc2c(c1)c(/C=C\C)c(C=C)n2N. The van der Waals surface area contributed by atoms with Gasteiger partial charge in [-0.15, -0.1) is 0 Å². The first kappa shape index (κ1) is 14.7. The lowest BCUT2D eigenvalue weighted by molar-refractivity contribution is 1.05. The third-order valence-electron chi connectivity index (χ3n) is 3.46. The first-order valence-electron chi connectivity index (χ1n) is 6.82. The van der Waals surface area contributed by atoms with Crippen LogP contribution < -0.4 is 5.84 Å². The number of fused-ring (bicyclic) bond motifs is 1. The van der Waals surface area contributed by atoms with Crippen LogP contribution in [0.5, 0.6) is 0 Å². The molecule has 2 nitrogen and oxygen atoms in total. The van der Waals surface area contributed by atoms with Crippen molar-refractivity contribution in [3.63, 3.8) is 0 Å². The Labute approximate surface area is 125 Å². The average molecular weight is 276 g/mol. The van der Waals surface area contributed by atoms with Gasteiger partial charge in [0.2, 0.25) is 0 Å². The molecule has 1 heterocycles. The summed E-state index contributed by atoms with van der Waals surface area (Å²) in [7, 11) is 0. The van der Waals surface area contributed by atoms with E-state index in [0.29, 0.717) is 0 Å². The summed E-state index contributed by atoms with van der Waals surface area (Å²) in [5.41, 5.74) is 5.08. The van der Waals surface area contributed by atoms with Crippen molar-refractivity contribution in [2.24, 2.45) is 0 Å². The van der Waals surface area contributed by atoms with Gasteiger partial charge in [-0.3, -0.25) is 4.68 Å². The third kappa shape index (κ3) is 2.48. The first-order chi connectivity index (χ1) is 10.2. The Balaban J connectivity index is 2.81. The Hall–Kier alpha value is -2.74. The third-order valence-corrected chi connectivity index (χ3v) is 3.46. The van der Waals surface area contributed by atoms with E-state index >= 15 is 0 Å². The van der Waals surface area contributed by atoms with Gasteiger partial charge in [0.05, 0.1) is 11.2 Å². The topological polar surface area (TPSA) is 30.9 Å². The second-order valence-electron chi connectivity index (χ2n) is 4.67. The van der Waals surface area contributed by atoms with Gasteiger partial charge in [0.25, 0.3) is 0 Å². The van der Waals surface area contributed by atoms with Crippen LogP contribution in [0.2, 0.25) is 0 Å². The molecule has 2 heteroatoms. The molecule has 21 heavy (non-hydrogen) atoms. The summed E-state index contributed by atoms with van der Waals surface area (Å²) in [5.74, 6) is 6.16. The summed E-state index contributed by atoms with van der Waals surface area (Å²) in [4.78, 5) is 0. The zero-order valence-corrected chi connectivity index (χ0v) is 12.3. The van der Waals surface area contributed by atoms with Crippen molar-refractivity contribution in [1.82, 2.24) is 4.68 Å². The maximum atomic E-state index is 6.16. The van der Waals surface area contributed by atoms with E-state index in [9.17, 15) is 0 Å². The first-order valence-corrected chi connectivity index (χ1v) is 6.82. The Kier molecular flexibility index (Phi) is 4.29. The molecule has 0 atom stereocenters. The minimum Gasteiger partial charge on any atom is -0.339 e. The highest BCUT2D eigenvalue weighted by atomic mass is 15.3. The van der Waals surface area contributed by atoms with E-state index in [1.165, 1.54) is 0 Å². The minimum atomic E-state index is 0.910.